The first-order chi connectivity index (χ1) is 7.54. The molecule has 0 saturated carbocycles. The summed E-state index contributed by atoms with van der Waals surface area (Å²) >= 11 is 3.11. The van der Waals surface area contributed by atoms with Crippen LogP contribution in [0.2, 0.25) is 0 Å². The van der Waals surface area contributed by atoms with Gasteiger partial charge < -0.3 is 5.32 Å². The van der Waals surface area contributed by atoms with Gasteiger partial charge in [-0.3, -0.25) is 4.79 Å². The third-order valence-electron chi connectivity index (χ3n) is 1.96. The average Bonchev–Trinajstić information content (AvgIpc) is 2.25. The van der Waals surface area contributed by atoms with Crippen molar-refractivity contribution in [1.29, 1.82) is 5.26 Å². The molecule has 1 N–H and O–H groups in total. The first-order valence-corrected chi connectivity index (χ1v) is 5.46. The monoisotopic (exact) mass is 284 g/mol. The van der Waals surface area contributed by atoms with Crippen LogP contribution in [0.25, 0.3) is 0 Å². The Kier molecular flexibility index (Phi) is 4.44. The lowest BCUT2D eigenvalue weighted by Crippen LogP contribution is -2.28. The molecule has 84 valence electrons. The molecular weight excluding hydrogens is 275 g/mol. The Bertz CT molecular complexity index is 442. The molecule has 0 aliphatic heterocycles. The Labute approximate surface area is 101 Å². The van der Waals surface area contributed by atoms with Gasteiger partial charge in [0.05, 0.1) is 17.6 Å². The van der Waals surface area contributed by atoms with Gasteiger partial charge in [0.2, 0.25) is 0 Å². The van der Waals surface area contributed by atoms with Crippen LogP contribution in [-0.2, 0) is 0 Å². The van der Waals surface area contributed by atoms with E-state index in [2.05, 4.69) is 21.2 Å². The van der Waals surface area contributed by atoms with Crippen LogP contribution in [0.5, 0.6) is 0 Å². The molecule has 0 bridgehead atoms. The summed E-state index contributed by atoms with van der Waals surface area (Å²) in [4.78, 5) is 11.6. The normalized spacial score (nSPS) is 11.6. The van der Waals surface area contributed by atoms with Crippen molar-refractivity contribution in [3.8, 4) is 6.07 Å². The van der Waals surface area contributed by atoms with Crippen molar-refractivity contribution >= 4 is 21.8 Å². The van der Waals surface area contributed by atoms with Gasteiger partial charge in [-0.25, -0.2) is 4.39 Å². The van der Waals surface area contributed by atoms with E-state index in [1.165, 1.54) is 18.2 Å². The van der Waals surface area contributed by atoms with Crippen molar-refractivity contribution < 1.29 is 9.18 Å². The van der Waals surface area contributed by atoms with E-state index >= 15 is 0 Å². The second kappa shape index (κ2) is 5.61. The first kappa shape index (κ1) is 12.7. The number of amides is 1. The van der Waals surface area contributed by atoms with Crippen LogP contribution in [0, 0.1) is 23.1 Å². The van der Waals surface area contributed by atoms with Crippen molar-refractivity contribution in [2.45, 2.75) is 6.92 Å². The number of hydrogen-bond donors (Lipinski definition) is 1. The van der Waals surface area contributed by atoms with Crippen molar-refractivity contribution in [2.24, 2.45) is 5.92 Å². The van der Waals surface area contributed by atoms with Gasteiger partial charge >= 0.3 is 0 Å². The molecular formula is C11H10BrFN2O. The lowest BCUT2D eigenvalue weighted by molar-refractivity contribution is 0.0950. The number of carbonyl (C=O) groups is 1. The minimum Gasteiger partial charge on any atom is -0.351 e. The zero-order chi connectivity index (χ0) is 12.1. The first-order valence-electron chi connectivity index (χ1n) is 4.67. The maximum Gasteiger partial charge on any atom is 0.252 e. The van der Waals surface area contributed by atoms with Gasteiger partial charge in [-0.2, -0.15) is 5.26 Å². The molecule has 1 atom stereocenters. The molecule has 16 heavy (non-hydrogen) atoms. The molecule has 5 heteroatoms. The molecule has 0 aromatic heterocycles. The number of nitrogens with zero attached hydrogens (tertiary/aromatic N) is 1. The van der Waals surface area contributed by atoms with Gasteiger partial charge in [-0.05, 0) is 41.1 Å². The SMILES string of the molecule is CC(C#N)CNC(=O)c1ccc(F)cc1Br. The summed E-state index contributed by atoms with van der Waals surface area (Å²) in [6, 6.07) is 5.84. The van der Waals surface area contributed by atoms with Crippen LogP contribution in [0.4, 0.5) is 4.39 Å². The van der Waals surface area contributed by atoms with Crippen molar-refractivity contribution in [3.63, 3.8) is 0 Å². The maximum absolute atomic E-state index is 12.8. The molecule has 0 radical (unpaired) electrons. The van der Waals surface area contributed by atoms with Gasteiger partial charge in [-0.1, -0.05) is 0 Å². The quantitative estimate of drug-likeness (QED) is 0.927. The Morgan fingerprint density at radius 1 is 1.69 bits per heavy atom. The Hall–Kier alpha value is -1.41. The van der Waals surface area contributed by atoms with E-state index in [0.29, 0.717) is 10.0 Å². The van der Waals surface area contributed by atoms with Crippen molar-refractivity contribution in [3.05, 3.63) is 34.1 Å². The van der Waals surface area contributed by atoms with Crippen LogP contribution < -0.4 is 5.32 Å². The van der Waals surface area contributed by atoms with Gasteiger partial charge in [0.25, 0.3) is 5.91 Å². The highest BCUT2D eigenvalue weighted by Crippen LogP contribution is 2.17. The Morgan fingerprint density at radius 2 is 2.38 bits per heavy atom. The van der Waals surface area contributed by atoms with Crippen LogP contribution in [0.15, 0.2) is 22.7 Å². The number of benzene rings is 1. The number of nitrogens with one attached hydrogen (secondary N) is 1. The molecule has 1 aromatic carbocycles. The van der Waals surface area contributed by atoms with Gasteiger partial charge in [0, 0.05) is 11.0 Å². The van der Waals surface area contributed by atoms with Crippen LogP contribution in [0.3, 0.4) is 0 Å². The fourth-order valence-electron chi connectivity index (χ4n) is 1.06. The summed E-state index contributed by atoms with van der Waals surface area (Å²) in [5, 5.41) is 11.1. The fourth-order valence-corrected chi connectivity index (χ4v) is 1.59. The summed E-state index contributed by atoms with van der Waals surface area (Å²) in [6.07, 6.45) is 0. The Balaban J connectivity index is 2.71. The van der Waals surface area contributed by atoms with E-state index in [1.54, 1.807) is 6.92 Å². The summed E-state index contributed by atoms with van der Waals surface area (Å²) in [7, 11) is 0. The molecule has 0 aliphatic rings. The molecule has 0 spiro atoms. The number of carbonyl (C=O) groups excluding carboxylic acids is 1. The Morgan fingerprint density at radius 3 is 2.94 bits per heavy atom. The molecule has 0 fully saturated rings. The van der Waals surface area contributed by atoms with Crippen molar-refractivity contribution in [2.75, 3.05) is 6.54 Å². The number of rotatable bonds is 3. The van der Waals surface area contributed by atoms with E-state index in [1.807, 2.05) is 6.07 Å². The molecule has 1 amide bonds. The molecule has 0 aliphatic carbocycles. The summed E-state index contributed by atoms with van der Waals surface area (Å²) < 4.78 is 13.2. The number of nitriles is 1. The smallest absolute Gasteiger partial charge is 0.252 e. The molecule has 0 saturated heterocycles. The predicted molar refractivity (Wildman–Crippen MR) is 61.2 cm³/mol. The lowest BCUT2D eigenvalue weighted by atomic mass is 10.2. The van der Waals surface area contributed by atoms with E-state index in [-0.39, 0.29) is 18.4 Å². The zero-order valence-corrected chi connectivity index (χ0v) is 10.2. The minimum atomic E-state index is -0.409. The number of hydrogen-bond acceptors (Lipinski definition) is 2. The summed E-state index contributed by atoms with van der Waals surface area (Å²) in [5.41, 5.74) is 0.353. The van der Waals surface area contributed by atoms with Crippen LogP contribution >= 0.6 is 15.9 Å². The van der Waals surface area contributed by atoms with E-state index in [4.69, 9.17) is 5.26 Å². The molecule has 0 heterocycles. The average molecular weight is 285 g/mol. The van der Waals surface area contributed by atoms with Crippen molar-refractivity contribution in [1.82, 2.24) is 5.32 Å². The summed E-state index contributed by atoms with van der Waals surface area (Å²) in [5.74, 6) is -0.981. The predicted octanol–water partition coefficient (Wildman–Crippen LogP) is 2.48. The topological polar surface area (TPSA) is 52.9 Å². The zero-order valence-electron chi connectivity index (χ0n) is 8.63. The maximum atomic E-state index is 12.8. The molecule has 3 nitrogen and oxygen atoms in total. The standard InChI is InChI=1S/C11H10BrFN2O/c1-7(5-14)6-15-11(16)9-3-2-8(13)4-10(9)12/h2-4,7H,6H2,1H3,(H,15,16). The largest absolute Gasteiger partial charge is 0.351 e. The van der Waals surface area contributed by atoms with E-state index in [0.717, 1.165) is 0 Å². The van der Waals surface area contributed by atoms with Crippen LogP contribution in [0.1, 0.15) is 17.3 Å². The van der Waals surface area contributed by atoms with Crippen LogP contribution in [-0.4, -0.2) is 12.5 Å². The fraction of sp³-hybridized carbons (Fsp3) is 0.273. The molecule has 1 unspecified atom stereocenters. The second-order valence-electron chi connectivity index (χ2n) is 3.36. The van der Waals surface area contributed by atoms with E-state index < -0.39 is 5.82 Å². The molecule has 1 aromatic rings. The van der Waals surface area contributed by atoms with Gasteiger partial charge in [-0.15, -0.1) is 0 Å². The minimum absolute atomic E-state index is 0.247. The number of halogens is 2. The molecule has 1 rings (SSSR count). The highest BCUT2D eigenvalue weighted by Gasteiger charge is 2.11. The third-order valence-corrected chi connectivity index (χ3v) is 2.62. The van der Waals surface area contributed by atoms with E-state index in [9.17, 15) is 9.18 Å². The highest BCUT2D eigenvalue weighted by molar-refractivity contribution is 9.10. The lowest BCUT2D eigenvalue weighted by Gasteiger charge is -2.07. The highest BCUT2D eigenvalue weighted by atomic mass is 79.9. The summed E-state index contributed by atoms with van der Waals surface area (Å²) in [6.45, 7) is 1.99. The van der Waals surface area contributed by atoms with Gasteiger partial charge in [0.15, 0.2) is 0 Å². The third kappa shape index (κ3) is 3.31. The second-order valence-corrected chi connectivity index (χ2v) is 4.22. The van der Waals surface area contributed by atoms with Gasteiger partial charge in [0.1, 0.15) is 5.82 Å².